The van der Waals surface area contributed by atoms with Gasteiger partial charge < -0.3 is 14.6 Å². The Morgan fingerprint density at radius 2 is 1.82 bits per heavy atom. The fourth-order valence-electron chi connectivity index (χ4n) is 8.58. The van der Waals surface area contributed by atoms with Crippen LogP contribution in [0, 0.1) is 28.6 Å². The van der Waals surface area contributed by atoms with Crippen LogP contribution < -0.4 is 0 Å². The number of hydrogen-bond acceptors (Lipinski definition) is 7. The van der Waals surface area contributed by atoms with Crippen molar-refractivity contribution in [1.82, 2.24) is 0 Å². The number of Topliss-reactive ketones (excluding diaryl/α,β-unsaturated/α-hetero) is 1. The zero-order valence-corrected chi connectivity index (χ0v) is 24.2. The molecule has 0 spiro atoms. The number of halogens is 2. The minimum Gasteiger partial charge on any atom is -0.457 e. The number of fused-ring (bicyclic) bond motifs is 5. The number of carbonyl (C=O) groups excluding carboxylic acids is 4. The first kappa shape index (κ1) is 30.5. The largest absolute Gasteiger partial charge is 0.457 e. The Hall–Kier alpha value is -2.42. The van der Waals surface area contributed by atoms with E-state index in [1.54, 1.807) is 20.8 Å². The minimum absolute atomic E-state index is 0.0589. The third-order valence-corrected chi connectivity index (χ3v) is 10.6. The third kappa shape index (κ3) is 4.21. The van der Waals surface area contributed by atoms with E-state index in [2.05, 4.69) is 0 Å². The van der Waals surface area contributed by atoms with Gasteiger partial charge >= 0.3 is 11.9 Å². The van der Waals surface area contributed by atoms with E-state index in [0.717, 1.165) is 18.9 Å². The van der Waals surface area contributed by atoms with E-state index in [0.29, 0.717) is 12.8 Å². The van der Waals surface area contributed by atoms with Gasteiger partial charge in [-0.1, -0.05) is 46.6 Å². The maximum absolute atomic E-state index is 17.5. The van der Waals surface area contributed by atoms with Gasteiger partial charge in [0.15, 0.2) is 23.7 Å². The number of aliphatic hydroxyl groups is 1. The molecule has 4 aliphatic carbocycles. The summed E-state index contributed by atoms with van der Waals surface area (Å²) < 4.78 is 43.8. The summed E-state index contributed by atoms with van der Waals surface area (Å²) in [5.41, 5.74) is -6.70. The number of hydrogen-bond donors (Lipinski definition) is 1. The van der Waals surface area contributed by atoms with Gasteiger partial charge in [0.05, 0.1) is 6.10 Å². The van der Waals surface area contributed by atoms with Gasteiger partial charge in [-0.3, -0.25) is 19.2 Å². The van der Waals surface area contributed by atoms with Gasteiger partial charge in [-0.15, -0.1) is 0 Å². The topological polar surface area (TPSA) is 107 Å². The summed E-state index contributed by atoms with van der Waals surface area (Å²) in [6.07, 6.45) is 3.64. The molecule has 222 valence electrons. The normalized spacial score (nSPS) is 40.2. The lowest BCUT2D eigenvalue weighted by Gasteiger charge is -2.62. The Kier molecular flexibility index (Phi) is 8.22. The standard InChI is InChI=1S/C31H42F2O7/c1-6-8-9-10-26(38)40-31(24(36)17-39-25(37)7-2)18(3)15-21-19-11-12-20-27(32)22(34)13-14-28(20,4)30(19,33)23(35)16-29(21,31)5/h13-14,18-19,21,23,35H,6-12,15-17H2,1-5H3/t18-,19-,21-,23-,28-,29-,30-,31+/m0/s1. The quantitative estimate of drug-likeness (QED) is 0.300. The molecule has 0 unspecified atom stereocenters. The van der Waals surface area contributed by atoms with Crippen LogP contribution in [0.3, 0.4) is 0 Å². The molecule has 9 heteroatoms. The first-order valence-corrected chi connectivity index (χ1v) is 14.6. The Labute approximate surface area is 234 Å². The predicted octanol–water partition coefficient (Wildman–Crippen LogP) is 5.29. The lowest BCUT2D eigenvalue weighted by Crippen LogP contribution is -2.70. The van der Waals surface area contributed by atoms with Gasteiger partial charge in [0.25, 0.3) is 0 Å². The van der Waals surface area contributed by atoms with Crippen LogP contribution in [0.25, 0.3) is 0 Å². The lowest BCUT2D eigenvalue weighted by atomic mass is 9.44. The van der Waals surface area contributed by atoms with Gasteiger partial charge in [0, 0.05) is 35.5 Å². The molecule has 0 aliphatic heterocycles. The SMILES string of the molecule is CCCCCC(=O)O[C@@]1(C(=O)COC(=O)CC)[C@@H](C)C[C@H]2[C@@H]3CCC4=C(F)C(=O)C=C[C@]4(C)[C@@]3(F)[C@@H](O)C[C@@]21C. The number of ether oxygens (including phenoxy) is 2. The van der Waals surface area contributed by atoms with Crippen molar-refractivity contribution >= 4 is 23.5 Å². The predicted molar refractivity (Wildman–Crippen MR) is 142 cm³/mol. The van der Waals surface area contributed by atoms with Gasteiger partial charge in [0.2, 0.25) is 11.6 Å². The van der Waals surface area contributed by atoms with Crippen molar-refractivity contribution in [3.63, 3.8) is 0 Å². The van der Waals surface area contributed by atoms with E-state index in [1.165, 1.54) is 13.0 Å². The Morgan fingerprint density at radius 3 is 2.48 bits per heavy atom. The molecule has 8 atom stereocenters. The van der Waals surface area contributed by atoms with Crippen LogP contribution in [-0.2, 0) is 28.7 Å². The minimum atomic E-state index is -2.31. The molecule has 4 aliphatic rings. The molecule has 3 saturated carbocycles. The van der Waals surface area contributed by atoms with Crippen molar-refractivity contribution in [2.45, 2.75) is 110 Å². The first-order chi connectivity index (χ1) is 18.7. The van der Waals surface area contributed by atoms with Crippen molar-refractivity contribution in [2.75, 3.05) is 6.61 Å². The highest BCUT2D eigenvalue weighted by molar-refractivity contribution is 6.04. The summed E-state index contributed by atoms with van der Waals surface area (Å²) in [5.74, 6) is -5.33. The van der Waals surface area contributed by atoms with E-state index >= 15 is 4.39 Å². The number of allylic oxidation sites excluding steroid dienone is 4. The van der Waals surface area contributed by atoms with Crippen LogP contribution in [0.4, 0.5) is 8.78 Å². The molecule has 7 nitrogen and oxygen atoms in total. The molecule has 0 saturated heterocycles. The number of aliphatic hydroxyl groups excluding tert-OH is 1. The zero-order chi connectivity index (χ0) is 29.7. The molecule has 0 amide bonds. The summed E-state index contributed by atoms with van der Waals surface area (Å²) in [7, 11) is 0. The summed E-state index contributed by atoms with van der Waals surface area (Å²) in [6.45, 7) is 8.08. The van der Waals surface area contributed by atoms with Crippen LogP contribution in [0.2, 0.25) is 0 Å². The molecular weight excluding hydrogens is 522 g/mol. The number of esters is 2. The van der Waals surface area contributed by atoms with Gasteiger partial charge in [-0.05, 0) is 56.6 Å². The fraction of sp³-hybridized carbons (Fsp3) is 0.742. The van der Waals surface area contributed by atoms with Gasteiger partial charge in [0.1, 0.15) is 0 Å². The molecule has 1 N–H and O–H groups in total. The second kappa shape index (κ2) is 10.8. The fourth-order valence-corrected chi connectivity index (χ4v) is 8.58. The molecule has 3 fully saturated rings. The smallest absolute Gasteiger partial charge is 0.306 e. The van der Waals surface area contributed by atoms with E-state index in [9.17, 15) is 28.7 Å². The van der Waals surface area contributed by atoms with Crippen LogP contribution >= 0.6 is 0 Å². The summed E-state index contributed by atoms with van der Waals surface area (Å²) in [4.78, 5) is 51.2. The molecular formula is C31H42F2O7. The molecule has 0 aromatic carbocycles. The van der Waals surface area contributed by atoms with E-state index in [1.807, 2.05) is 6.92 Å². The van der Waals surface area contributed by atoms with Gasteiger partial charge in [-0.2, -0.15) is 0 Å². The van der Waals surface area contributed by atoms with Crippen LogP contribution in [0.15, 0.2) is 23.6 Å². The highest BCUT2D eigenvalue weighted by Crippen LogP contribution is 2.71. The molecule has 0 aromatic heterocycles. The molecule has 0 bridgehead atoms. The Bertz CT molecular complexity index is 1150. The van der Waals surface area contributed by atoms with Crippen LogP contribution in [0.5, 0.6) is 0 Å². The van der Waals surface area contributed by atoms with Crippen molar-refractivity contribution in [3.8, 4) is 0 Å². The van der Waals surface area contributed by atoms with Crippen molar-refractivity contribution in [1.29, 1.82) is 0 Å². The van der Waals surface area contributed by atoms with Crippen LogP contribution in [-0.4, -0.2) is 52.6 Å². The second-order valence-corrected chi connectivity index (χ2v) is 12.6. The number of rotatable bonds is 9. The van der Waals surface area contributed by atoms with Crippen molar-refractivity contribution < 1.29 is 42.5 Å². The first-order valence-electron chi connectivity index (χ1n) is 14.6. The Balaban J connectivity index is 1.78. The second-order valence-electron chi connectivity index (χ2n) is 12.6. The molecule has 0 radical (unpaired) electrons. The highest BCUT2D eigenvalue weighted by Gasteiger charge is 2.77. The maximum Gasteiger partial charge on any atom is 0.306 e. The van der Waals surface area contributed by atoms with E-state index < -0.39 is 81.9 Å². The highest BCUT2D eigenvalue weighted by atomic mass is 19.1. The number of alkyl halides is 1. The monoisotopic (exact) mass is 564 g/mol. The molecule has 0 heterocycles. The summed E-state index contributed by atoms with van der Waals surface area (Å²) in [5, 5.41) is 11.6. The van der Waals surface area contributed by atoms with Crippen LogP contribution in [0.1, 0.15) is 92.4 Å². The molecule has 40 heavy (non-hydrogen) atoms. The van der Waals surface area contributed by atoms with Crippen molar-refractivity contribution in [3.05, 3.63) is 23.6 Å². The average molecular weight is 565 g/mol. The number of carbonyl (C=O) groups is 4. The maximum atomic E-state index is 17.5. The Morgan fingerprint density at radius 1 is 1.12 bits per heavy atom. The van der Waals surface area contributed by atoms with Gasteiger partial charge in [-0.25, -0.2) is 8.78 Å². The average Bonchev–Trinajstić information content (AvgIpc) is 3.12. The zero-order valence-electron chi connectivity index (χ0n) is 24.2. The summed E-state index contributed by atoms with van der Waals surface area (Å²) >= 11 is 0. The van der Waals surface area contributed by atoms with E-state index in [-0.39, 0.29) is 37.7 Å². The van der Waals surface area contributed by atoms with E-state index in [4.69, 9.17) is 9.47 Å². The molecule has 4 rings (SSSR count). The molecule has 0 aromatic rings. The number of unbranched alkanes of at least 4 members (excludes halogenated alkanes) is 2. The lowest BCUT2D eigenvalue weighted by molar-refractivity contribution is -0.229. The number of ketones is 2. The summed E-state index contributed by atoms with van der Waals surface area (Å²) in [6, 6.07) is 0. The third-order valence-electron chi connectivity index (χ3n) is 10.6. The van der Waals surface area contributed by atoms with Crippen molar-refractivity contribution in [2.24, 2.45) is 28.6 Å².